The Balaban J connectivity index is 1.57. The lowest BCUT2D eigenvalue weighted by Gasteiger charge is -2.09. The highest BCUT2D eigenvalue weighted by molar-refractivity contribution is 6.30. The lowest BCUT2D eigenvalue weighted by atomic mass is 10.2. The average molecular weight is 345 g/mol. The third kappa shape index (κ3) is 3.88. The Morgan fingerprint density at radius 1 is 1.08 bits per heavy atom. The summed E-state index contributed by atoms with van der Waals surface area (Å²) in [6.45, 7) is 0.353. The molecule has 1 aromatic heterocycles. The van der Waals surface area contributed by atoms with Crippen molar-refractivity contribution in [3.8, 4) is 11.4 Å². The smallest absolute Gasteiger partial charge is 0.340 e. The van der Waals surface area contributed by atoms with E-state index in [9.17, 15) is 4.79 Å². The number of benzene rings is 2. The SMILES string of the molecule is O=C(OCCOc1ccc(Cl)cc1)c1ccccc1-n1cnnn1. The second-order valence-corrected chi connectivity index (χ2v) is 5.15. The first-order chi connectivity index (χ1) is 11.7. The molecule has 2 aromatic carbocycles. The highest BCUT2D eigenvalue weighted by Crippen LogP contribution is 2.16. The molecule has 0 N–H and O–H groups in total. The van der Waals surface area contributed by atoms with Gasteiger partial charge in [-0.25, -0.2) is 4.79 Å². The number of nitrogens with zero attached hydrogens (tertiary/aromatic N) is 4. The molecule has 0 aliphatic rings. The summed E-state index contributed by atoms with van der Waals surface area (Å²) in [5.74, 6) is 0.186. The highest BCUT2D eigenvalue weighted by Gasteiger charge is 2.14. The van der Waals surface area contributed by atoms with Gasteiger partial charge in [0.2, 0.25) is 0 Å². The van der Waals surface area contributed by atoms with Crippen LogP contribution in [0.15, 0.2) is 54.9 Å². The van der Waals surface area contributed by atoms with Crippen LogP contribution in [0, 0.1) is 0 Å². The number of carbonyl (C=O) groups excluding carboxylic acids is 1. The maximum atomic E-state index is 12.2. The van der Waals surface area contributed by atoms with Crippen LogP contribution in [0.1, 0.15) is 10.4 Å². The van der Waals surface area contributed by atoms with Gasteiger partial charge in [0.15, 0.2) is 0 Å². The predicted octanol–water partition coefficient (Wildman–Crippen LogP) is 2.55. The standard InChI is InChI=1S/C16H13ClN4O3/c17-12-5-7-13(8-6-12)23-9-10-24-16(22)14-3-1-2-4-15(14)21-11-18-19-20-21/h1-8,11H,9-10H2. The average Bonchev–Trinajstić information content (AvgIpc) is 3.14. The maximum Gasteiger partial charge on any atom is 0.340 e. The van der Waals surface area contributed by atoms with Crippen molar-refractivity contribution in [3.63, 3.8) is 0 Å². The minimum atomic E-state index is -0.471. The monoisotopic (exact) mass is 344 g/mol. The number of halogens is 1. The van der Waals surface area contributed by atoms with Crippen LogP contribution in [0.25, 0.3) is 5.69 Å². The van der Waals surface area contributed by atoms with E-state index in [1.165, 1.54) is 11.0 Å². The van der Waals surface area contributed by atoms with Gasteiger partial charge in [0.25, 0.3) is 0 Å². The van der Waals surface area contributed by atoms with Gasteiger partial charge < -0.3 is 9.47 Å². The number of ether oxygens (including phenoxy) is 2. The van der Waals surface area contributed by atoms with E-state index in [-0.39, 0.29) is 13.2 Å². The molecule has 0 unspecified atom stereocenters. The Morgan fingerprint density at radius 2 is 1.88 bits per heavy atom. The number of tetrazole rings is 1. The summed E-state index contributed by atoms with van der Waals surface area (Å²) < 4.78 is 12.1. The van der Waals surface area contributed by atoms with E-state index in [2.05, 4.69) is 15.5 Å². The third-order valence-corrected chi connectivity index (χ3v) is 3.37. The van der Waals surface area contributed by atoms with E-state index in [1.807, 2.05) is 0 Å². The van der Waals surface area contributed by atoms with E-state index in [1.54, 1.807) is 48.5 Å². The zero-order chi connectivity index (χ0) is 16.8. The van der Waals surface area contributed by atoms with Crippen LogP contribution < -0.4 is 4.74 Å². The molecular weight excluding hydrogens is 332 g/mol. The van der Waals surface area contributed by atoms with Gasteiger partial charge >= 0.3 is 5.97 Å². The first kappa shape index (κ1) is 15.9. The van der Waals surface area contributed by atoms with Crippen molar-refractivity contribution in [3.05, 3.63) is 65.4 Å². The van der Waals surface area contributed by atoms with Gasteiger partial charge in [-0.2, -0.15) is 4.68 Å². The van der Waals surface area contributed by atoms with Crippen molar-refractivity contribution >= 4 is 17.6 Å². The molecular formula is C16H13ClN4O3. The number of esters is 1. The first-order valence-corrected chi connectivity index (χ1v) is 7.50. The molecule has 8 heteroatoms. The van der Waals surface area contributed by atoms with Crippen LogP contribution in [0.2, 0.25) is 5.02 Å². The maximum absolute atomic E-state index is 12.2. The summed E-state index contributed by atoms with van der Waals surface area (Å²) in [6, 6.07) is 13.9. The van der Waals surface area contributed by atoms with Crippen LogP contribution in [-0.2, 0) is 4.74 Å². The number of hydrogen-bond acceptors (Lipinski definition) is 6. The lowest BCUT2D eigenvalue weighted by Crippen LogP contribution is -2.14. The van der Waals surface area contributed by atoms with Gasteiger partial charge in [0.05, 0.1) is 11.3 Å². The Morgan fingerprint density at radius 3 is 2.62 bits per heavy atom. The van der Waals surface area contributed by atoms with Crippen molar-refractivity contribution in [1.29, 1.82) is 0 Å². The first-order valence-electron chi connectivity index (χ1n) is 7.12. The van der Waals surface area contributed by atoms with Crippen LogP contribution >= 0.6 is 11.6 Å². The lowest BCUT2D eigenvalue weighted by molar-refractivity contribution is 0.0450. The Kier molecular flexibility index (Phi) is 5.02. The van der Waals surface area contributed by atoms with Crippen molar-refractivity contribution in [1.82, 2.24) is 20.2 Å². The molecule has 7 nitrogen and oxygen atoms in total. The highest BCUT2D eigenvalue weighted by atomic mass is 35.5. The molecule has 1 heterocycles. The fourth-order valence-electron chi connectivity index (χ4n) is 2.02. The largest absolute Gasteiger partial charge is 0.490 e. The normalized spacial score (nSPS) is 10.4. The van der Waals surface area contributed by atoms with Gasteiger partial charge in [-0.1, -0.05) is 23.7 Å². The Hall–Kier alpha value is -2.93. The molecule has 0 fully saturated rings. The Bertz CT molecular complexity index is 806. The summed E-state index contributed by atoms with van der Waals surface area (Å²) in [4.78, 5) is 12.2. The number of hydrogen-bond donors (Lipinski definition) is 0. The number of aromatic nitrogens is 4. The Labute approximate surface area is 142 Å². The minimum Gasteiger partial charge on any atom is -0.490 e. The fourth-order valence-corrected chi connectivity index (χ4v) is 2.15. The molecule has 0 saturated heterocycles. The molecule has 3 aromatic rings. The predicted molar refractivity (Wildman–Crippen MR) is 86.4 cm³/mol. The second kappa shape index (κ2) is 7.56. The van der Waals surface area contributed by atoms with Crippen LogP contribution in [-0.4, -0.2) is 39.4 Å². The zero-order valence-corrected chi connectivity index (χ0v) is 13.3. The van der Waals surface area contributed by atoms with Crippen molar-refractivity contribution in [2.24, 2.45) is 0 Å². The fraction of sp³-hybridized carbons (Fsp3) is 0.125. The van der Waals surface area contributed by atoms with Crippen LogP contribution in [0.3, 0.4) is 0 Å². The summed E-state index contributed by atoms with van der Waals surface area (Å²) in [5.41, 5.74) is 0.919. The molecule has 0 spiro atoms. The van der Waals surface area contributed by atoms with Crippen molar-refractivity contribution < 1.29 is 14.3 Å². The molecule has 0 radical (unpaired) electrons. The summed E-state index contributed by atoms with van der Waals surface area (Å²) in [6.07, 6.45) is 1.41. The molecule has 0 bridgehead atoms. The van der Waals surface area contributed by atoms with Crippen molar-refractivity contribution in [2.75, 3.05) is 13.2 Å². The van der Waals surface area contributed by atoms with E-state index >= 15 is 0 Å². The summed E-state index contributed by atoms with van der Waals surface area (Å²) in [5, 5.41) is 11.5. The molecule has 3 rings (SSSR count). The molecule has 122 valence electrons. The van der Waals surface area contributed by atoms with Crippen molar-refractivity contribution in [2.45, 2.75) is 0 Å². The minimum absolute atomic E-state index is 0.116. The van der Waals surface area contributed by atoms with Gasteiger partial charge in [-0.15, -0.1) is 5.10 Å². The van der Waals surface area contributed by atoms with Gasteiger partial charge in [-0.3, -0.25) is 0 Å². The molecule has 0 amide bonds. The van der Waals surface area contributed by atoms with E-state index < -0.39 is 5.97 Å². The van der Waals surface area contributed by atoms with Crippen LogP contribution in [0.5, 0.6) is 5.75 Å². The molecule has 0 aliphatic heterocycles. The quantitative estimate of drug-likeness (QED) is 0.505. The van der Waals surface area contributed by atoms with Gasteiger partial charge in [0, 0.05) is 5.02 Å². The van der Waals surface area contributed by atoms with E-state index in [4.69, 9.17) is 21.1 Å². The van der Waals surface area contributed by atoms with Gasteiger partial charge in [-0.05, 0) is 46.8 Å². The number of para-hydroxylation sites is 1. The van der Waals surface area contributed by atoms with E-state index in [0.29, 0.717) is 22.0 Å². The topological polar surface area (TPSA) is 79.1 Å². The third-order valence-electron chi connectivity index (χ3n) is 3.12. The van der Waals surface area contributed by atoms with E-state index in [0.717, 1.165) is 0 Å². The van der Waals surface area contributed by atoms with Crippen LogP contribution in [0.4, 0.5) is 0 Å². The second-order valence-electron chi connectivity index (χ2n) is 4.71. The number of rotatable bonds is 6. The molecule has 0 aliphatic carbocycles. The summed E-state index contributed by atoms with van der Waals surface area (Å²) >= 11 is 5.80. The molecule has 0 atom stereocenters. The summed E-state index contributed by atoms with van der Waals surface area (Å²) in [7, 11) is 0. The number of carbonyl (C=O) groups is 1. The molecule has 0 saturated carbocycles. The zero-order valence-electron chi connectivity index (χ0n) is 12.5. The molecule has 24 heavy (non-hydrogen) atoms. The van der Waals surface area contributed by atoms with Gasteiger partial charge in [0.1, 0.15) is 25.3 Å².